The summed E-state index contributed by atoms with van der Waals surface area (Å²) >= 11 is 7.15. The molecule has 0 nitrogen and oxygen atoms in total. The average Bonchev–Trinajstić information content (AvgIpc) is 2.31. The Morgan fingerprint density at radius 3 is 3.00 bits per heavy atom. The van der Waals surface area contributed by atoms with E-state index in [4.69, 9.17) is 0 Å². The highest BCUT2D eigenvalue weighted by Gasteiger charge is 1.95. The molecule has 0 aliphatic rings. The van der Waals surface area contributed by atoms with E-state index >= 15 is 0 Å². The minimum Gasteiger partial charge on any atom is -0.157 e. The lowest BCUT2D eigenvalue weighted by atomic mass is 10.4. The Kier molecular flexibility index (Phi) is 3.81. The Hall–Kier alpha value is 0.530. The zero-order valence-electron chi connectivity index (χ0n) is 5.76. The molecule has 0 aliphatic heterocycles. The molecule has 1 aromatic heterocycles. The molecule has 3 heteroatoms. The number of hydrogen-bond donors (Lipinski definition) is 0. The van der Waals surface area contributed by atoms with Crippen LogP contribution in [0.25, 0.3) is 0 Å². The van der Waals surface area contributed by atoms with Crippen molar-refractivity contribution in [3.8, 4) is 0 Å². The smallest absolute Gasteiger partial charge is 0.0701 e. The maximum Gasteiger partial charge on any atom is 0.0701 e. The quantitative estimate of drug-likeness (QED) is 0.771. The fourth-order valence-corrected chi connectivity index (χ4v) is 2.56. The summed E-state index contributed by atoms with van der Waals surface area (Å²) < 4.78 is 1.24. The predicted molar refractivity (Wildman–Crippen MR) is 53.9 cm³/mol. The maximum absolute atomic E-state index is 3.43. The molecule has 10 heavy (non-hydrogen) atoms. The predicted octanol–water partition coefficient (Wildman–Crippen LogP) is 3.76. The van der Waals surface area contributed by atoms with E-state index in [0.29, 0.717) is 0 Å². The molecule has 0 aromatic carbocycles. The van der Waals surface area contributed by atoms with Crippen molar-refractivity contribution in [1.82, 2.24) is 0 Å². The van der Waals surface area contributed by atoms with Crippen molar-refractivity contribution in [1.29, 1.82) is 0 Å². The van der Waals surface area contributed by atoms with Gasteiger partial charge in [0.2, 0.25) is 0 Å². The first-order chi connectivity index (χ1) is 4.83. The summed E-state index contributed by atoms with van der Waals surface area (Å²) in [4.78, 5) is 0. The summed E-state index contributed by atoms with van der Waals surface area (Å²) in [5, 5.41) is 2.20. The van der Waals surface area contributed by atoms with Crippen molar-refractivity contribution in [2.24, 2.45) is 0 Å². The van der Waals surface area contributed by atoms with Gasteiger partial charge in [-0.1, -0.05) is 6.92 Å². The van der Waals surface area contributed by atoms with Gasteiger partial charge in [0.25, 0.3) is 0 Å². The fourth-order valence-electron chi connectivity index (χ4n) is 0.641. The largest absolute Gasteiger partial charge is 0.157 e. The first-order valence-electron chi connectivity index (χ1n) is 3.13. The van der Waals surface area contributed by atoms with Crippen LogP contribution in [0.2, 0.25) is 0 Å². The van der Waals surface area contributed by atoms with E-state index in [9.17, 15) is 0 Å². The number of hydrogen-bond acceptors (Lipinski definition) is 2. The van der Waals surface area contributed by atoms with Gasteiger partial charge in [0.05, 0.1) is 3.79 Å². The molecule has 0 fully saturated rings. The van der Waals surface area contributed by atoms with Gasteiger partial charge in [0.1, 0.15) is 0 Å². The Labute approximate surface area is 78.2 Å². The van der Waals surface area contributed by atoms with E-state index in [1.165, 1.54) is 15.1 Å². The molecule has 0 N–H and O–H groups in total. The molecule has 0 amide bonds. The Morgan fingerprint density at radius 1 is 1.70 bits per heavy atom. The molecule has 0 aliphatic carbocycles. The lowest BCUT2D eigenvalue weighted by molar-refractivity contribution is 1.43. The van der Waals surface area contributed by atoms with Crippen molar-refractivity contribution in [2.45, 2.75) is 12.7 Å². The van der Waals surface area contributed by atoms with Crippen LogP contribution in [-0.2, 0) is 5.75 Å². The summed E-state index contributed by atoms with van der Waals surface area (Å²) in [6, 6.07) is 2.19. The van der Waals surface area contributed by atoms with Gasteiger partial charge >= 0.3 is 0 Å². The monoisotopic (exact) mass is 236 g/mol. The molecule has 0 radical (unpaired) electrons. The highest BCUT2D eigenvalue weighted by Crippen LogP contribution is 2.23. The van der Waals surface area contributed by atoms with Crippen LogP contribution < -0.4 is 0 Å². The second-order valence-corrected chi connectivity index (χ2v) is 5.46. The van der Waals surface area contributed by atoms with E-state index in [-0.39, 0.29) is 0 Å². The standard InChI is InChI=1S/C7H9BrS2/c1-2-9-4-6-3-7(8)10-5-6/h3,5H,2,4H2,1H3. The third-order valence-corrected chi connectivity index (χ3v) is 3.59. The Morgan fingerprint density at radius 2 is 2.50 bits per heavy atom. The molecule has 0 saturated carbocycles. The zero-order valence-corrected chi connectivity index (χ0v) is 8.98. The first kappa shape index (κ1) is 8.62. The molecule has 0 bridgehead atoms. The van der Waals surface area contributed by atoms with E-state index in [2.05, 4.69) is 34.3 Å². The number of thioether (sulfide) groups is 1. The second-order valence-electron chi connectivity index (χ2n) is 1.90. The van der Waals surface area contributed by atoms with Crippen LogP contribution in [0.1, 0.15) is 12.5 Å². The summed E-state index contributed by atoms with van der Waals surface area (Å²) in [6.45, 7) is 2.19. The number of rotatable bonds is 3. The van der Waals surface area contributed by atoms with E-state index < -0.39 is 0 Å². The topological polar surface area (TPSA) is 0 Å². The van der Waals surface area contributed by atoms with Gasteiger partial charge < -0.3 is 0 Å². The molecular formula is C7H9BrS2. The number of thiophene rings is 1. The average molecular weight is 237 g/mol. The molecular weight excluding hydrogens is 228 g/mol. The minimum absolute atomic E-state index is 1.15. The molecule has 0 spiro atoms. The second kappa shape index (κ2) is 4.42. The normalized spacial score (nSPS) is 10.2. The third kappa shape index (κ3) is 2.64. The van der Waals surface area contributed by atoms with E-state index in [1.807, 2.05) is 11.8 Å². The van der Waals surface area contributed by atoms with Gasteiger partial charge in [-0.25, -0.2) is 0 Å². The van der Waals surface area contributed by atoms with Gasteiger partial charge in [-0.15, -0.1) is 11.3 Å². The molecule has 0 saturated heterocycles. The molecule has 56 valence electrons. The molecule has 1 heterocycles. The van der Waals surface area contributed by atoms with Gasteiger partial charge in [-0.3, -0.25) is 0 Å². The van der Waals surface area contributed by atoms with Crippen LogP contribution in [0.4, 0.5) is 0 Å². The summed E-state index contributed by atoms with van der Waals surface area (Å²) in [6.07, 6.45) is 0. The Bertz CT molecular complexity index is 195. The highest BCUT2D eigenvalue weighted by atomic mass is 79.9. The van der Waals surface area contributed by atoms with Gasteiger partial charge in [0, 0.05) is 5.75 Å². The fraction of sp³-hybridized carbons (Fsp3) is 0.429. The summed E-state index contributed by atoms with van der Waals surface area (Å²) in [5.41, 5.74) is 1.43. The third-order valence-electron chi connectivity index (χ3n) is 1.09. The van der Waals surface area contributed by atoms with Gasteiger partial charge in [-0.05, 0) is 38.7 Å². The van der Waals surface area contributed by atoms with Crippen LogP contribution in [0.15, 0.2) is 15.2 Å². The van der Waals surface area contributed by atoms with Crippen molar-refractivity contribution in [3.63, 3.8) is 0 Å². The lowest BCUT2D eigenvalue weighted by Gasteiger charge is -1.91. The van der Waals surface area contributed by atoms with Gasteiger partial charge in [0.15, 0.2) is 0 Å². The van der Waals surface area contributed by atoms with Crippen LogP contribution in [0.3, 0.4) is 0 Å². The van der Waals surface area contributed by atoms with Crippen LogP contribution in [-0.4, -0.2) is 5.75 Å². The van der Waals surface area contributed by atoms with Crippen LogP contribution in [0.5, 0.6) is 0 Å². The summed E-state index contributed by atoms with van der Waals surface area (Å²) in [5.74, 6) is 2.35. The zero-order chi connectivity index (χ0) is 7.40. The van der Waals surface area contributed by atoms with Crippen molar-refractivity contribution in [3.05, 3.63) is 20.8 Å². The molecule has 1 rings (SSSR count). The first-order valence-corrected chi connectivity index (χ1v) is 5.96. The highest BCUT2D eigenvalue weighted by molar-refractivity contribution is 9.11. The SMILES string of the molecule is CCSCc1csc(Br)c1. The number of halogens is 1. The Balaban J connectivity index is 2.42. The molecule has 0 atom stereocenters. The van der Waals surface area contributed by atoms with Crippen molar-refractivity contribution in [2.75, 3.05) is 5.75 Å². The summed E-state index contributed by atoms with van der Waals surface area (Å²) in [7, 11) is 0. The minimum atomic E-state index is 1.15. The van der Waals surface area contributed by atoms with E-state index in [1.54, 1.807) is 11.3 Å². The molecule has 1 aromatic rings. The van der Waals surface area contributed by atoms with Crippen LogP contribution >= 0.6 is 39.0 Å². The maximum atomic E-state index is 3.43. The van der Waals surface area contributed by atoms with Crippen LogP contribution in [0, 0.1) is 0 Å². The van der Waals surface area contributed by atoms with Crippen molar-refractivity contribution >= 4 is 39.0 Å². The van der Waals surface area contributed by atoms with E-state index in [0.717, 1.165) is 5.75 Å². The van der Waals surface area contributed by atoms with Crippen molar-refractivity contribution < 1.29 is 0 Å². The molecule has 0 unspecified atom stereocenters. The van der Waals surface area contributed by atoms with Gasteiger partial charge in [-0.2, -0.15) is 11.8 Å². The lowest BCUT2D eigenvalue weighted by Crippen LogP contribution is -1.73.